The Labute approximate surface area is 83.7 Å². The van der Waals surface area contributed by atoms with Crippen molar-refractivity contribution in [3.8, 4) is 0 Å². The zero-order chi connectivity index (χ0) is 11.9. The van der Waals surface area contributed by atoms with Crippen LogP contribution in [0.1, 0.15) is 0 Å². The van der Waals surface area contributed by atoms with Crippen LogP contribution >= 0.6 is 0 Å². The van der Waals surface area contributed by atoms with Gasteiger partial charge in [-0.05, 0) is 0 Å². The van der Waals surface area contributed by atoms with Crippen molar-refractivity contribution in [2.24, 2.45) is 0 Å². The molecule has 0 radical (unpaired) electrons. The zero-order valence-electron chi connectivity index (χ0n) is 7.72. The number of carbonyl (C=O) groups excluding carboxylic acids is 1. The van der Waals surface area contributed by atoms with Crippen LogP contribution in [0, 0.1) is 0 Å². The molecule has 0 heterocycles. The Morgan fingerprint density at radius 1 is 1.40 bits per heavy atom. The first-order valence-electron chi connectivity index (χ1n) is 3.93. The second kappa shape index (κ2) is 6.39. The second-order valence-corrected chi connectivity index (χ2v) is 2.49. The third-order valence-corrected chi connectivity index (χ3v) is 1.25. The van der Waals surface area contributed by atoms with Gasteiger partial charge in [-0.15, -0.1) is 0 Å². The van der Waals surface area contributed by atoms with E-state index >= 15 is 0 Å². The summed E-state index contributed by atoms with van der Waals surface area (Å²) in [6, 6.07) is 0. The lowest BCUT2D eigenvalue weighted by Crippen LogP contribution is -2.32. The number of esters is 1. The van der Waals surface area contributed by atoms with Crippen molar-refractivity contribution in [1.82, 2.24) is 0 Å². The molecule has 0 amide bonds. The molecule has 15 heavy (non-hydrogen) atoms. The van der Waals surface area contributed by atoms with Crippen molar-refractivity contribution in [1.29, 1.82) is 0 Å². The summed E-state index contributed by atoms with van der Waals surface area (Å²) in [6.07, 6.45) is -2.89. The van der Waals surface area contributed by atoms with Gasteiger partial charge in [0.2, 0.25) is 0 Å². The van der Waals surface area contributed by atoms with Crippen LogP contribution in [0.3, 0.4) is 0 Å². The number of rotatable bonds is 7. The van der Waals surface area contributed by atoms with Gasteiger partial charge in [0.1, 0.15) is 13.2 Å². The summed E-state index contributed by atoms with van der Waals surface area (Å²) < 4.78 is 56.1. The molecule has 0 aromatic rings. The molecular weight excluding hydrogens is 220 g/mol. The Bertz CT molecular complexity index is 218. The van der Waals surface area contributed by atoms with Gasteiger partial charge < -0.3 is 9.47 Å². The van der Waals surface area contributed by atoms with Gasteiger partial charge in [0, 0.05) is 6.08 Å². The van der Waals surface area contributed by atoms with Gasteiger partial charge in [-0.25, -0.2) is 13.6 Å². The molecule has 0 bridgehead atoms. The molecule has 0 aliphatic carbocycles. The molecule has 0 aromatic heterocycles. The first-order valence-corrected chi connectivity index (χ1v) is 3.93. The molecule has 0 N–H and O–H groups in total. The number of carbonyl (C=O) groups is 1. The Morgan fingerprint density at radius 2 is 2.00 bits per heavy atom. The lowest BCUT2D eigenvalue weighted by atomic mass is 10.4. The number of hydrogen-bond acceptors (Lipinski definition) is 3. The van der Waals surface area contributed by atoms with Crippen molar-refractivity contribution in [2.45, 2.75) is 12.3 Å². The minimum absolute atomic E-state index is 0.288. The summed E-state index contributed by atoms with van der Waals surface area (Å²) in [5, 5.41) is 0. The molecule has 7 heteroatoms. The fraction of sp³-hybridized carbons (Fsp3) is 0.625. The average Bonchev–Trinajstić information content (AvgIpc) is 2.16. The van der Waals surface area contributed by atoms with Crippen LogP contribution in [-0.2, 0) is 14.3 Å². The van der Waals surface area contributed by atoms with E-state index in [4.69, 9.17) is 0 Å². The molecule has 0 saturated heterocycles. The maximum atomic E-state index is 12.2. The predicted molar refractivity (Wildman–Crippen MR) is 42.9 cm³/mol. The van der Waals surface area contributed by atoms with E-state index in [-0.39, 0.29) is 13.2 Å². The number of ether oxygens (including phenoxy) is 2. The standard InChI is InChI=1S/C8H10F4O3/c1-2-6(13)15-4-3-14-5-8(11,12)7(9)10/h2,7H,1,3-5H2. The minimum Gasteiger partial charge on any atom is -0.460 e. The van der Waals surface area contributed by atoms with Crippen LogP contribution in [0.4, 0.5) is 17.6 Å². The van der Waals surface area contributed by atoms with Gasteiger partial charge in [0.05, 0.1) is 6.61 Å². The number of hydrogen-bond donors (Lipinski definition) is 0. The SMILES string of the molecule is C=CC(=O)OCCOCC(F)(F)C(F)F. The van der Waals surface area contributed by atoms with Crippen LogP contribution in [0.5, 0.6) is 0 Å². The second-order valence-electron chi connectivity index (χ2n) is 2.49. The molecule has 88 valence electrons. The monoisotopic (exact) mass is 230 g/mol. The smallest absolute Gasteiger partial charge is 0.330 e. The highest BCUT2D eigenvalue weighted by Crippen LogP contribution is 2.22. The Morgan fingerprint density at radius 3 is 2.47 bits per heavy atom. The van der Waals surface area contributed by atoms with E-state index in [0.29, 0.717) is 0 Å². The van der Waals surface area contributed by atoms with E-state index in [1.807, 2.05) is 0 Å². The molecule has 3 nitrogen and oxygen atoms in total. The lowest BCUT2D eigenvalue weighted by Gasteiger charge is -2.14. The number of alkyl halides is 4. The number of halogens is 4. The average molecular weight is 230 g/mol. The van der Waals surface area contributed by atoms with E-state index in [2.05, 4.69) is 16.1 Å². The van der Waals surface area contributed by atoms with E-state index < -0.39 is 24.9 Å². The lowest BCUT2D eigenvalue weighted by molar-refractivity contribution is -0.169. The molecule has 0 unspecified atom stereocenters. The maximum Gasteiger partial charge on any atom is 0.330 e. The Kier molecular flexibility index (Phi) is 5.92. The van der Waals surface area contributed by atoms with Crippen LogP contribution in [0.2, 0.25) is 0 Å². The maximum absolute atomic E-state index is 12.2. The highest BCUT2D eigenvalue weighted by Gasteiger charge is 2.40. The van der Waals surface area contributed by atoms with Crippen LogP contribution < -0.4 is 0 Å². The van der Waals surface area contributed by atoms with Gasteiger partial charge in [0.25, 0.3) is 0 Å². The van der Waals surface area contributed by atoms with Crippen molar-refractivity contribution >= 4 is 5.97 Å². The van der Waals surface area contributed by atoms with Crippen LogP contribution in [0.15, 0.2) is 12.7 Å². The molecule has 0 aliphatic rings. The fourth-order valence-electron chi connectivity index (χ4n) is 0.531. The molecule has 0 atom stereocenters. The normalized spacial score (nSPS) is 11.5. The summed E-state index contributed by atoms with van der Waals surface area (Å²) in [4.78, 5) is 10.4. The minimum atomic E-state index is -4.18. The zero-order valence-corrected chi connectivity index (χ0v) is 7.72. The van der Waals surface area contributed by atoms with E-state index in [1.165, 1.54) is 0 Å². The Hall–Kier alpha value is -1.11. The predicted octanol–water partition coefficient (Wildman–Crippen LogP) is 1.63. The highest BCUT2D eigenvalue weighted by molar-refractivity contribution is 5.81. The van der Waals surface area contributed by atoms with Gasteiger partial charge >= 0.3 is 18.3 Å². The molecule has 0 rings (SSSR count). The third-order valence-electron chi connectivity index (χ3n) is 1.25. The van der Waals surface area contributed by atoms with Gasteiger partial charge in [0.15, 0.2) is 0 Å². The molecule has 0 aliphatic heterocycles. The fourth-order valence-corrected chi connectivity index (χ4v) is 0.531. The van der Waals surface area contributed by atoms with Crippen molar-refractivity contribution in [3.05, 3.63) is 12.7 Å². The topological polar surface area (TPSA) is 35.5 Å². The van der Waals surface area contributed by atoms with E-state index in [1.54, 1.807) is 0 Å². The van der Waals surface area contributed by atoms with Crippen molar-refractivity contribution in [2.75, 3.05) is 19.8 Å². The highest BCUT2D eigenvalue weighted by atomic mass is 19.3. The summed E-state index contributed by atoms with van der Waals surface area (Å²) in [6.45, 7) is 1.02. The quantitative estimate of drug-likeness (QED) is 0.288. The third kappa shape index (κ3) is 6.05. The molecule has 0 saturated carbocycles. The Balaban J connectivity index is 3.54. The largest absolute Gasteiger partial charge is 0.460 e. The molecular formula is C8H10F4O3. The van der Waals surface area contributed by atoms with Gasteiger partial charge in [-0.3, -0.25) is 0 Å². The first kappa shape index (κ1) is 13.9. The van der Waals surface area contributed by atoms with E-state index in [0.717, 1.165) is 6.08 Å². The summed E-state index contributed by atoms with van der Waals surface area (Å²) >= 11 is 0. The van der Waals surface area contributed by atoms with Gasteiger partial charge in [-0.2, -0.15) is 8.78 Å². The first-order chi connectivity index (χ1) is 6.90. The van der Waals surface area contributed by atoms with Crippen LogP contribution in [-0.4, -0.2) is 38.1 Å². The van der Waals surface area contributed by atoms with Gasteiger partial charge in [-0.1, -0.05) is 6.58 Å². The summed E-state index contributed by atoms with van der Waals surface area (Å²) in [5.41, 5.74) is 0. The summed E-state index contributed by atoms with van der Waals surface area (Å²) in [7, 11) is 0. The van der Waals surface area contributed by atoms with E-state index in [9.17, 15) is 22.4 Å². The van der Waals surface area contributed by atoms with Crippen molar-refractivity contribution in [3.63, 3.8) is 0 Å². The molecule has 0 fully saturated rings. The van der Waals surface area contributed by atoms with Crippen molar-refractivity contribution < 1.29 is 31.8 Å². The molecule has 0 spiro atoms. The van der Waals surface area contributed by atoms with Crippen LogP contribution in [0.25, 0.3) is 0 Å². The molecule has 0 aromatic carbocycles. The summed E-state index contributed by atoms with van der Waals surface area (Å²) in [5.74, 6) is -4.91.